The Morgan fingerprint density at radius 2 is 1.83 bits per heavy atom. The number of amides is 1. The van der Waals surface area contributed by atoms with Gasteiger partial charge in [-0.05, 0) is 42.8 Å². The Labute approximate surface area is 213 Å². The molecule has 2 aliphatic heterocycles. The standard InChI is InChI=1S/C25H26FN5O2S2/c1-4-29-9-11-30(12-10-29)22-19(16(2)20(14-27)23(32)28(22)3)13-21-24(33)31(25(34)35-21)15-17-5-7-18(26)8-6-17/h5-8,13H,4,9-12,15H2,1-3H3/b21-13-. The zero-order valence-electron chi connectivity index (χ0n) is 19.9. The van der Waals surface area contributed by atoms with Crippen LogP contribution in [0.3, 0.4) is 0 Å². The van der Waals surface area contributed by atoms with E-state index in [0.29, 0.717) is 26.2 Å². The zero-order chi connectivity index (χ0) is 25.3. The molecule has 0 N–H and O–H groups in total. The van der Waals surface area contributed by atoms with Gasteiger partial charge in [0.05, 0.1) is 11.4 Å². The van der Waals surface area contributed by atoms with Gasteiger partial charge in [-0.2, -0.15) is 5.26 Å². The van der Waals surface area contributed by atoms with Crippen LogP contribution in [0.2, 0.25) is 0 Å². The molecule has 4 rings (SSSR count). The largest absolute Gasteiger partial charge is 0.355 e. The topological polar surface area (TPSA) is 72.6 Å². The number of benzene rings is 1. The van der Waals surface area contributed by atoms with Crippen LogP contribution in [-0.4, -0.2) is 57.3 Å². The summed E-state index contributed by atoms with van der Waals surface area (Å²) in [6.45, 7) is 8.27. The first-order valence-corrected chi connectivity index (χ1v) is 12.6. The second kappa shape index (κ2) is 10.3. The lowest BCUT2D eigenvalue weighted by Crippen LogP contribution is -2.48. The third-order valence-corrected chi connectivity index (χ3v) is 7.87. The molecule has 0 aliphatic carbocycles. The first-order valence-electron chi connectivity index (χ1n) is 11.4. The average molecular weight is 512 g/mol. The normalized spacial score (nSPS) is 18.0. The molecule has 1 aromatic heterocycles. The molecule has 0 radical (unpaired) electrons. The molecule has 2 fully saturated rings. The minimum absolute atomic E-state index is 0.0662. The molecule has 7 nitrogen and oxygen atoms in total. The molecule has 0 saturated carbocycles. The number of carbonyl (C=O) groups is 1. The highest BCUT2D eigenvalue weighted by Crippen LogP contribution is 2.36. The molecule has 10 heteroatoms. The van der Waals surface area contributed by atoms with Gasteiger partial charge in [-0.3, -0.25) is 19.1 Å². The highest BCUT2D eigenvalue weighted by atomic mass is 32.2. The summed E-state index contributed by atoms with van der Waals surface area (Å²) in [6.07, 6.45) is 1.75. The van der Waals surface area contributed by atoms with Gasteiger partial charge in [-0.15, -0.1) is 0 Å². The number of aromatic nitrogens is 1. The molecule has 3 heterocycles. The van der Waals surface area contributed by atoms with Crippen LogP contribution in [-0.2, 0) is 18.4 Å². The maximum absolute atomic E-state index is 13.3. The average Bonchev–Trinajstić information content (AvgIpc) is 3.12. The number of hydrogen-bond donors (Lipinski definition) is 0. The number of thioether (sulfide) groups is 1. The highest BCUT2D eigenvalue weighted by molar-refractivity contribution is 8.26. The fourth-order valence-electron chi connectivity index (χ4n) is 4.41. The number of pyridine rings is 1. The fraction of sp³-hybridized carbons (Fsp3) is 0.360. The van der Waals surface area contributed by atoms with Gasteiger partial charge in [-0.25, -0.2) is 4.39 Å². The van der Waals surface area contributed by atoms with Gasteiger partial charge in [0, 0.05) is 38.8 Å². The van der Waals surface area contributed by atoms with Crippen molar-refractivity contribution in [2.45, 2.75) is 20.4 Å². The summed E-state index contributed by atoms with van der Waals surface area (Å²) in [7, 11) is 1.67. The quantitative estimate of drug-likeness (QED) is 0.451. The maximum Gasteiger partial charge on any atom is 0.270 e. The molecule has 1 amide bonds. The summed E-state index contributed by atoms with van der Waals surface area (Å²) in [5, 5.41) is 9.66. The van der Waals surface area contributed by atoms with E-state index in [1.165, 1.54) is 33.4 Å². The number of thiocarbonyl (C=S) groups is 1. The van der Waals surface area contributed by atoms with E-state index in [1.807, 2.05) is 6.07 Å². The van der Waals surface area contributed by atoms with E-state index in [4.69, 9.17) is 12.2 Å². The van der Waals surface area contributed by atoms with E-state index in [2.05, 4.69) is 16.7 Å². The Morgan fingerprint density at radius 3 is 2.43 bits per heavy atom. The number of nitrogens with zero attached hydrogens (tertiary/aromatic N) is 5. The minimum atomic E-state index is -0.348. The van der Waals surface area contributed by atoms with E-state index in [-0.39, 0.29) is 29.4 Å². The SMILES string of the molecule is CCN1CCN(c2c(/C=C3\SC(=S)N(Cc4ccc(F)cc4)C3=O)c(C)c(C#N)c(=O)n2C)CC1. The third-order valence-electron chi connectivity index (χ3n) is 6.49. The lowest BCUT2D eigenvalue weighted by atomic mass is 10.0. The van der Waals surface area contributed by atoms with Gasteiger partial charge < -0.3 is 9.80 Å². The van der Waals surface area contributed by atoms with E-state index >= 15 is 0 Å². The fourth-order valence-corrected chi connectivity index (χ4v) is 5.65. The zero-order valence-corrected chi connectivity index (χ0v) is 21.5. The Morgan fingerprint density at radius 1 is 1.17 bits per heavy atom. The lowest BCUT2D eigenvalue weighted by Gasteiger charge is -2.37. The number of hydrogen-bond acceptors (Lipinski definition) is 7. The number of anilines is 1. The summed E-state index contributed by atoms with van der Waals surface area (Å²) < 4.78 is 15.2. The van der Waals surface area contributed by atoms with Crippen LogP contribution in [0.4, 0.5) is 10.2 Å². The second-order valence-corrected chi connectivity index (χ2v) is 10.2. The predicted molar refractivity (Wildman–Crippen MR) is 141 cm³/mol. The molecule has 0 spiro atoms. The molecule has 0 unspecified atom stereocenters. The number of piperazine rings is 1. The van der Waals surface area contributed by atoms with E-state index in [1.54, 1.807) is 32.2 Å². The Balaban J connectivity index is 1.74. The van der Waals surface area contributed by atoms with Gasteiger partial charge >= 0.3 is 0 Å². The van der Waals surface area contributed by atoms with Crippen LogP contribution in [0.15, 0.2) is 34.0 Å². The van der Waals surface area contributed by atoms with E-state index in [0.717, 1.165) is 38.3 Å². The van der Waals surface area contributed by atoms with Crippen LogP contribution in [0.1, 0.15) is 29.2 Å². The van der Waals surface area contributed by atoms with Crippen molar-refractivity contribution in [2.75, 3.05) is 37.6 Å². The van der Waals surface area contributed by atoms with Crippen molar-refractivity contribution >= 4 is 46.1 Å². The van der Waals surface area contributed by atoms with E-state index in [9.17, 15) is 19.2 Å². The van der Waals surface area contributed by atoms with Crippen molar-refractivity contribution in [2.24, 2.45) is 7.05 Å². The molecule has 182 valence electrons. The van der Waals surface area contributed by atoms with Gasteiger partial charge in [0.15, 0.2) is 0 Å². The van der Waals surface area contributed by atoms with Gasteiger partial charge in [0.2, 0.25) is 0 Å². The molecule has 2 aromatic rings. The predicted octanol–water partition coefficient (Wildman–Crippen LogP) is 3.25. The minimum Gasteiger partial charge on any atom is -0.355 e. The van der Waals surface area contributed by atoms with Crippen LogP contribution < -0.4 is 10.5 Å². The van der Waals surface area contributed by atoms with Crippen molar-refractivity contribution in [3.63, 3.8) is 0 Å². The number of nitriles is 1. The first-order chi connectivity index (χ1) is 16.7. The van der Waals surface area contributed by atoms with Crippen LogP contribution in [0.25, 0.3) is 6.08 Å². The molecule has 0 atom stereocenters. The summed E-state index contributed by atoms with van der Waals surface area (Å²) in [4.78, 5) is 32.6. The summed E-state index contributed by atoms with van der Waals surface area (Å²) in [6, 6.07) is 7.99. The first kappa shape index (κ1) is 25.1. The molecular formula is C25H26FN5O2S2. The molecular weight excluding hydrogens is 485 g/mol. The summed E-state index contributed by atoms with van der Waals surface area (Å²) in [5.74, 6) is 0.105. The van der Waals surface area contributed by atoms with Crippen molar-refractivity contribution < 1.29 is 9.18 Å². The number of halogens is 1. The lowest BCUT2D eigenvalue weighted by molar-refractivity contribution is -0.122. The molecule has 1 aromatic carbocycles. The Kier molecular flexibility index (Phi) is 7.40. The number of likely N-dealkylation sites (N-methyl/N-ethyl adjacent to an activating group) is 1. The monoisotopic (exact) mass is 511 g/mol. The second-order valence-electron chi connectivity index (χ2n) is 8.53. The van der Waals surface area contributed by atoms with Crippen molar-refractivity contribution in [3.8, 4) is 6.07 Å². The number of rotatable bonds is 5. The van der Waals surface area contributed by atoms with E-state index < -0.39 is 0 Å². The van der Waals surface area contributed by atoms with Gasteiger partial charge in [0.25, 0.3) is 11.5 Å². The van der Waals surface area contributed by atoms with Gasteiger partial charge in [-0.1, -0.05) is 43.0 Å². The van der Waals surface area contributed by atoms with Crippen LogP contribution >= 0.6 is 24.0 Å². The Hall–Kier alpha value is -3.00. The summed E-state index contributed by atoms with van der Waals surface area (Å²) >= 11 is 6.67. The third kappa shape index (κ3) is 4.89. The molecule has 2 aliphatic rings. The molecule has 2 saturated heterocycles. The maximum atomic E-state index is 13.3. The van der Waals surface area contributed by atoms with Crippen molar-refractivity contribution in [1.82, 2.24) is 14.4 Å². The summed E-state index contributed by atoms with van der Waals surface area (Å²) in [5.41, 5.74) is 1.71. The molecule has 0 bridgehead atoms. The van der Waals surface area contributed by atoms with Gasteiger partial charge in [0.1, 0.15) is 27.6 Å². The van der Waals surface area contributed by atoms with Crippen molar-refractivity contribution in [1.29, 1.82) is 5.26 Å². The smallest absolute Gasteiger partial charge is 0.270 e. The number of carbonyl (C=O) groups excluding carboxylic acids is 1. The Bertz CT molecular complexity index is 1310. The highest BCUT2D eigenvalue weighted by Gasteiger charge is 2.33. The van der Waals surface area contributed by atoms with Crippen LogP contribution in [0.5, 0.6) is 0 Å². The van der Waals surface area contributed by atoms with Crippen molar-refractivity contribution in [3.05, 3.63) is 67.6 Å². The van der Waals surface area contributed by atoms with Crippen LogP contribution in [0, 0.1) is 24.1 Å². The molecule has 35 heavy (non-hydrogen) atoms.